The Hall–Kier alpha value is -0.990. The standard InChI is InChI=1S/C40H78NO8P/c1-6-8-10-12-14-15-16-17-18-19-20-21-25-29-38(42)46-35-37(36-48-50(44,45)47-34-33-41(3,4)5)49-39(43)40(31-27-23-24-28-32-40)30-26-22-13-11-9-7-2/h37H,6-36H2,1-5H3/p+1/t37-/m1/s1. The Kier molecular flexibility index (Phi) is 26.8. The zero-order valence-electron chi connectivity index (χ0n) is 33.2. The van der Waals surface area contributed by atoms with Crippen LogP contribution in [0.25, 0.3) is 0 Å². The highest BCUT2D eigenvalue weighted by atomic mass is 31.2. The van der Waals surface area contributed by atoms with Crippen molar-refractivity contribution in [1.82, 2.24) is 0 Å². The van der Waals surface area contributed by atoms with Gasteiger partial charge in [0.2, 0.25) is 0 Å². The quantitative estimate of drug-likeness (QED) is 0.0239. The van der Waals surface area contributed by atoms with Crippen LogP contribution in [0.4, 0.5) is 0 Å². The number of phosphoric ester groups is 1. The van der Waals surface area contributed by atoms with E-state index in [1.807, 2.05) is 21.1 Å². The number of ether oxygens (including phenoxy) is 2. The Labute approximate surface area is 307 Å². The lowest BCUT2D eigenvalue weighted by molar-refractivity contribution is -0.870. The van der Waals surface area contributed by atoms with Gasteiger partial charge in [0.1, 0.15) is 19.8 Å². The highest BCUT2D eigenvalue weighted by Gasteiger charge is 2.41. The van der Waals surface area contributed by atoms with Gasteiger partial charge in [-0.1, -0.05) is 155 Å². The molecular formula is C40H79NO8P+. The number of carbonyl (C=O) groups excluding carboxylic acids is 2. The first-order valence-corrected chi connectivity index (χ1v) is 22.2. The van der Waals surface area contributed by atoms with Crippen molar-refractivity contribution >= 4 is 19.8 Å². The molecule has 0 spiro atoms. The van der Waals surface area contributed by atoms with Crippen LogP contribution in [0.5, 0.6) is 0 Å². The lowest BCUT2D eigenvalue weighted by atomic mass is 9.76. The van der Waals surface area contributed by atoms with Gasteiger partial charge in [0.05, 0.1) is 33.2 Å². The van der Waals surface area contributed by atoms with Crippen LogP contribution in [0.1, 0.15) is 187 Å². The van der Waals surface area contributed by atoms with E-state index >= 15 is 0 Å². The summed E-state index contributed by atoms with van der Waals surface area (Å²) in [5.41, 5.74) is -0.581. The molecule has 0 bridgehead atoms. The van der Waals surface area contributed by atoms with E-state index in [1.165, 1.54) is 89.9 Å². The van der Waals surface area contributed by atoms with Gasteiger partial charge < -0.3 is 18.9 Å². The van der Waals surface area contributed by atoms with Crippen molar-refractivity contribution in [3.8, 4) is 0 Å². The molecule has 1 aliphatic rings. The van der Waals surface area contributed by atoms with Crippen LogP contribution in [-0.4, -0.2) is 74.9 Å². The van der Waals surface area contributed by atoms with Gasteiger partial charge >= 0.3 is 19.8 Å². The molecule has 0 amide bonds. The number of hydrogen-bond donors (Lipinski definition) is 1. The van der Waals surface area contributed by atoms with E-state index in [4.69, 9.17) is 18.5 Å². The summed E-state index contributed by atoms with van der Waals surface area (Å²) in [5, 5.41) is 0. The van der Waals surface area contributed by atoms with Crippen LogP contribution in [0.3, 0.4) is 0 Å². The molecule has 2 atom stereocenters. The first-order chi connectivity index (χ1) is 23.9. The van der Waals surface area contributed by atoms with Gasteiger partial charge in [0.15, 0.2) is 6.10 Å². The molecule has 1 rings (SSSR count). The maximum absolute atomic E-state index is 13.9. The number of rotatable bonds is 32. The Morgan fingerprint density at radius 2 is 1.16 bits per heavy atom. The number of unbranched alkanes of at least 4 members (excludes halogenated alkanes) is 17. The Morgan fingerprint density at radius 1 is 0.680 bits per heavy atom. The maximum Gasteiger partial charge on any atom is 0.472 e. The summed E-state index contributed by atoms with van der Waals surface area (Å²) in [6.07, 6.45) is 28.7. The monoisotopic (exact) mass is 733 g/mol. The summed E-state index contributed by atoms with van der Waals surface area (Å²) in [6, 6.07) is 0. The molecule has 0 aromatic heterocycles. The van der Waals surface area contributed by atoms with Crippen LogP contribution < -0.4 is 0 Å². The van der Waals surface area contributed by atoms with Crippen LogP contribution in [0.15, 0.2) is 0 Å². The smallest absolute Gasteiger partial charge is 0.462 e. The maximum atomic E-state index is 13.9. The predicted octanol–water partition coefficient (Wildman–Crippen LogP) is 10.9. The molecule has 1 N–H and O–H groups in total. The third-order valence-corrected chi connectivity index (χ3v) is 11.1. The van der Waals surface area contributed by atoms with Crippen molar-refractivity contribution in [2.75, 3.05) is 47.5 Å². The van der Waals surface area contributed by atoms with Gasteiger partial charge in [0.25, 0.3) is 0 Å². The minimum atomic E-state index is -4.40. The molecule has 1 aliphatic carbocycles. The number of hydrogen-bond acceptors (Lipinski definition) is 7. The first kappa shape index (κ1) is 47.0. The molecule has 0 aliphatic heterocycles. The lowest BCUT2D eigenvalue weighted by Crippen LogP contribution is -2.39. The van der Waals surface area contributed by atoms with E-state index < -0.39 is 19.3 Å². The molecule has 1 fully saturated rings. The van der Waals surface area contributed by atoms with Gasteiger partial charge in [-0.3, -0.25) is 18.6 Å². The molecule has 0 radical (unpaired) electrons. The van der Waals surface area contributed by atoms with Crippen molar-refractivity contribution in [1.29, 1.82) is 0 Å². The molecule has 1 unspecified atom stereocenters. The molecule has 0 heterocycles. The average Bonchev–Trinajstić information content (AvgIpc) is 3.32. The Morgan fingerprint density at radius 3 is 1.66 bits per heavy atom. The van der Waals surface area contributed by atoms with Gasteiger partial charge in [0, 0.05) is 6.42 Å². The van der Waals surface area contributed by atoms with Crippen molar-refractivity contribution < 1.29 is 42.1 Å². The number of esters is 2. The molecule has 296 valence electrons. The molecule has 10 heteroatoms. The van der Waals surface area contributed by atoms with E-state index in [2.05, 4.69) is 13.8 Å². The van der Waals surface area contributed by atoms with E-state index in [9.17, 15) is 19.0 Å². The number of likely N-dealkylation sites (N-methyl/N-ethyl adjacent to an activating group) is 1. The van der Waals surface area contributed by atoms with Crippen molar-refractivity contribution in [2.45, 2.75) is 193 Å². The summed E-state index contributed by atoms with van der Waals surface area (Å²) in [5.74, 6) is -0.649. The normalized spacial score (nSPS) is 16.8. The lowest BCUT2D eigenvalue weighted by Gasteiger charge is -2.32. The van der Waals surface area contributed by atoms with Gasteiger partial charge in [-0.2, -0.15) is 0 Å². The summed E-state index contributed by atoms with van der Waals surface area (Å²) in [7, 11) is 1.49. The molecular weight excluding hydrogens is 653 g/mol. The highest BCUT2D eigenvalue weighted by Crippen LogP contribution is 2.44. The summed E-state index contributed by atoms with van der Waals surface area (Å²) >= 11 is 0. The second-order valence-corrected chi connectivity index (χ2v) is 17.5. The largest absolute Gasteiger partial charge is 0.472 e. The highest BCUT2D eigenvalue weighted by molar-refractivity contribution is 7.47. The molecule has 9 nitrogen and oxygen atoms in total. The second-order valence-electron chi connectivity index (χ2n) is 16.0. The summed E-state index contributed by atoms with van der Waals surface area (Å²) < 4.78 is 35.4. The number of phosphoric acid groups is 1. The van der Waals surface area contributed by atoms with Gasteiger partial charge in [-0.25, -0.2) is 4.57 Å². The molecule has 1 saturated carbocycles. The topological polar surface area (TPSA) is 108 Å². The second kappa shape index (κ2) is 28.5. The van der Waals surface area contributed by atoms with Gasteiger partial charge in [-0.05, 0) is 25.7 Å². The minimum Gasteiger partial charge on any atom is -0.462 e. The molecule has 50 heavy (non-hydrogen) atoms. The molecule has 0 saturated heterocycles. The summed E-state index contributed by atoms with van der Waals surface area (Å²) in [6.45, 7) is 4.42. The van der Waals surface area contributed by atoms with E-state index in [-0.39, 0.29) is 31.8 Å². The zero-order chi connectivity index (χ0) is 37.0. The third-order valence-electron chi connectivity index (χ3n) is 10.1. The number of nitrogens with zero attached hydrogens (tertiary/aromatic N) is 1. The van der Waals surface area contributed by atoms with E-state index in [1.54, 1.807) is 0 Å². The fourth-order valence-electron chi connectivity index (χ4n) is 6.79. The number of carbonyl (C=O) groups is 2. The van der Waals surface area contributed by atoms with E-state index in [0.717, 1.165) is 77.0 Å². The number of quaternary nitrogens is 1. The molecule has 0 aromatic carbocycles. The minimum absolute atomic E-state index is 0.0389. The fourth-order valence-corrected chi connectivity index (χ4v) is 7.53. The zero-order valence-corrected chi connectivity index (χ0v) is 34.1. The fraction of sp³-hybridized carbons (Fsp3) is 0.950. The average molecular weight is 733 g/mol. The van der Waals surface area contributed by atoms with Crippen molar-refractivity contribution in [3.63, 3.8) is 0 Å². The van der Waals surface area contributed by atoms with Crippen LogP contribution in [-0.2, 0) is 32.7 Å². The Bertz CT molecular complexity index is 900. The van der Waals surface area contributed by atoms with Crippen LogP contribution in [0.2, 0.25) is 0 Å². The van der Waals surface area contributed by atoms with E-state index in [0.29, 0.717) is 17.4 Å². The van der Waals surface area contributed by atoms with Crippen molar-refractivity contribution in [3.05, 3.63) is 0 Å². The predicted molar refractivity (Wildman–Crippen MR) is 204 cm³/mol. The van der Waals surface area contributed by atoms with Crippen molar-refractivity contribution in [2.24, 2.45) is 5.41 Å². The SMILES string of the molecule is CCCCCCCCCCCCCCCC(=O)OC[C@H](COP(=O)(O)OCC[N+](C)(C)C)OC(=O)C1(CCCCCCCC)CCCCCC1. The third kappa shape index (κ3) is 25.1. The summed E-state index contributed by atoms with van der Waals surface area (Å²) in [4.78, 5) is 37.0. The van der Waals surface area contributed by atoms with Crippen LogP contribution >= 0.6 is 7.82 Å². The molecule has 0 aromatic rings. The Balaban J connectivity index is 2.65. The first-order valence-electron chi connectivity index (χ1n) is 20.7. The van der Waals surface area contributed by atoms with Gasteiger partial charge in [-0.15, -0.1) is 0 Å². The van der Waals surface area contributed by atoms with Crippen LogP contribution in [0, 0.1) is 5.41 Å².